The fraction of sp³-hybridized carbons (Fsp3) is 0.438. The number of allylic oxidation sites excluding steroid dienone is 1. The van der Waals surface area contributed by atoms with E-state index >= 15 is 0 Å². The molecule has 0 saturated heterocycles. The van der Waals surface area contributed by atoms with Crippen LogP contribution in [0.5, 0.6) is 0 Å². The zero-order valence-electron chi connectivity index (χ0n) is 11.7. The predicted octanol–water partition coefficient (Wildman–Crippen LogP) is 3.15. The van der Waals surface area contributed by atoms with Crippen LogP contribution in [0.25, 0.3) is 6.08 Å². The molecule has 0 aliphatic heterocycles. The van der Waals surface area contributed by atoms with E-state index in [-0.39, 0.29) is 5.78 Å². The first-order valence-corrected chi connectivity index (χ1v) is 6.69. The Morgan fingerprint density at radius 2 is 1.78 bits per heavy atom. The number of nitrogens with zero attached hydrogens (tertiary/aromatic N) is 1. The van der Waals surface area contributed by atoms with Gasteiger partial charge in [0.15, 0.2) is 5.78 Å². The highest BCUT2D eigenvalue weighted by Crippen LogP contribution is 2.05. The second-order valence-corrected chi connectivity index (χ2v) is 4.94. The Bertz CT molecular complexity index is 391. The molecule has 0 radical (unpaired) electrons. The molecule has 0 heterocycles. The minimum atomic E-state index is 0.213. The number of hydrogen-bond donors (Lipinski definition) is 0. The smallest absolute Gasteiger partial charge is 0.161 e. The lowest BCUT2D eigenvalue weighted by molar-refractivity contribution is -0.905. The summed E-state index contributed by atoms with van der Waals surface area (Å²) >= 11 is 0. The first kappa shape index (κ1) is 14.7. The molecule has 0 aliphatic rings. The Hall–Kier alpha value is -1.41. The molecule has 0 saturated carbocycles. The molecule has 2 nitrogen and oxygen atoms in total. The summed E-state index contributed by atoms with van der Waals surface area (Å²) in [7, 11) is 2.20. The lowest BCUT2D eigenvalue weighted by Gasteiger charge is -2.31. The molecule has 0 spiro atoms. The van der Waals surface area contributed by atoms with Crippen LogP contribution in [0.1, 0.15) is 25.8 Å². The normalized spacial score (nSPS) is 11.9. The Balaban J connectivity index is 2.45. The van der Waals surface area contributed by atoms with Crippen molar-refractivity contribution >= 4 is 11.9 Å². The Morgan fingerprint density at radius 1 is 1.17 bits per heavy atom. The number of ketones is 1. The van der Waals surface area contributed by atoms with Gasteiger partial charge < -0.3 is 4.48 Å². The molecule has 0 aliphatic carbocycles. The molecule has 98 valence electrons. The van der Waals surface area contributed by atoms with Gasteiger partial charge in [0, 0.05) is 0 Å². The molecule has 1 rings (SSSR count). The van der Waals surface area contributed by atoms with Crippen molar-refractivity contribution in [3.63, 3.8) is 0 Å². The monoisotopic (exact) mass is 246 g/mol. The van der Waals surface area contributed by atoms with Gasteiger partial charge in [-0.25, -0.2) is 0 Å². The topological polar surface area (TPSA) is 17.1 Å². The van der Waals surface area contributed by atoms with Gasteiger partial charge in [0.1, 0.15) is 0 Å². The van der Waals surface area contributed by atoms with E-state index in [1.807, 2.05) is 36.4 Å². The summed E-state index contributed by atoms with van der Waals surface area (Å²) < 4.78 is 0.963. The van der Waals surface area contributed by atoms with E-state index in [9.17, 15) is 4.79 Å². The van der Waals surface area contributed by atoms with Crippen LogP contribution in [0.3, 0.4) is 0 Å². The van der Waals surface area contributed by atoms with Crippen molar-refractivity contribution in [2.24, 2.45) is 0 Å². The minimum absolute atomic E-state index is 0.213. The van der Waals surface area contributed by atoms with Crippen molar-refractivity contribution in [2.75, 3.05) is 26.7 Å². The summed E-state index contributed by atoms with van der Waals surface area (Å²) in [6.45, 7) is 7.42. The summed E-state index contributed by atoms with van der Waals surface area (Å²) in [5.41, 5.74) is 1.08. The molecule has 0 bridgehead atoms. The quantitative estimate of drug-likeness (QED) is 0.533. The van der Waals surface area contributed by atoms with Crippen LogP contribution >= 0.6 is 0 Å². The summed E-state index contributed by atoms with van der Waals surface area (Å²) in [6, 6.07) is 9.94. The van der Waals surface area contributed by atoms with Gasteiger partial charge in [-0.1, -0.05) is 36.4 Å². The zero-order valence-corrected chi connectivity index (χ0v) is 11.7. The van der Waals surface area contributed by atoms with Gasteiger partial charge >= 0.3 is 0 Å². The van der Waals surface area contributed by atoms with Gasteiger partial charge in [0.25, 0.3) is 0 Å². The minimum Gasteiger partial charge on any atom is -0.326 e. The van der Waals surface area contributed by atoms with Crippen molar-refractivity contribution in [1.82, 2.24) is 0 Å². The fourth-order valence-corrected chi connectivity index (χ4v) is 1.76. The molecule has 0 N–H and O–H groups in total. The van der Waals surface area contributed by atoms with Gasteiger partial charge in [-0.3, -0.25) is 4.79 Å². The van der Waals surface area contributed by atoms with Crippen molar-refractivity contribution in [3.05, 3.63) is 42.0 Å². The van der Waals surface area contributed by atoms with Gasteiger partial charge in [0.05, 0.1) is 33.1 Å². The summed E-state index contributed by atoms with van der Waals surface area (Å²) in [4.78, 5) is 11.8. The van der Waals surface area contributed by atoms with Crippen LogP contribution in [0, 0.1) is 0 Å². The van der Waals surface area contributed by atoms with E-state index in [1.165, 1.54) is 0 Å². The van der Waals surface area contributed by atoms with E-state index in [0.717, 1.165) is 29.7 Å². The first-order chi connectivity index (χ1) is 8.59. The molecule has 0 fully saturated rings. The molecule has 0 aromatic heterocycles. The van der Waals surface area contributed by atoms with E-state index in [1.54, 1.807) is 6.08 Å². The number of carbonyl (C=O) groups excluding carboxylic acids is 1. The average molecular weight is 246 g/mol. The highest BCUT2D eigenvalue weighted by molar-refractivity contribution is 5.93. The summed E-state index contributed by atoms with van der Waals surface area (Å²) in [6.07, 6.45) is 4.22. The SMILES string of the molecule is CC[N+](C)(CC)CCC(=O)/C=C/c1ccccc1. The third kappa shape index (κ3) is 4.84. The molecule has 1 aromatic rings. The Morgan fingerprint density at radius 3 is 2.33 bits per heavy atom. The van der Waals surface area contributed by atoms with Gasteiger partial charge in [-0.2, -0.15) is 0 Å². The highest BCUT2D eigenvalue weighted by Gasteiger charge is 2.16. The molecular formula is C16H24NO+. The van der Waals surface area contributed by atoms with Crippen molar-refractivity contribution < 1.29 is 9.28 Å². The lowest BCUT2D eigenvalue weighted by atomic mass is 10.1. The van der Waals surface area contributed by atoms with Crippen LogP contribution in [0.2, 0.25) is 0 Å². The second-order valence-electron chi connectivity index (χ2n) is 4.94. The summed E-state index contributed by atoms with van der Waals surface area (Å²) in [5, 5.41) is 0. The molecular weight excluding hydrogens is 222 g/mol. The van der Waals surface area contributed by atoms with Crippen molar-refractivity contribution in [2.45, 2.75) is 20.3 Å². The van der Waals surface area contributed by atoms with E-state index in [4.69, 9.17) is 0 Å². The van der Waals surface area contributed by atoms with E-state index in [2.05, 4.69) is 20.9 Å². The first-order valence-electron chi connectivity index (χ1n) is 6.69. The Labute approximate surface area is 111 Å². The van der Waals surface area contributed by atoms with Gasteiger partial charge in [-0.05, 0) is 25.5 Å². The van der Waals surface area contributed by atoms with Crippen LogP contribution in [-0.2, 0) is 4.79 Å². The van der Waals surface area contributed by atoms with E-state index in [0.29, 0.717) is 6.42 Å². The Kier molecular flexibility index (Phi) is 5.79. The van der Waals surface area contributed by atoms with Gasteiger partial charge in [-0.15, -0.1) is 0 Å². The number of hydrogen-bond acceptors (Lipinski definition) is 1. The number of carbonyl (C=O) groups is 1. The highest BCUT2D eigenvalue weighted by atomic mass is 16.1. The van der Waals surface area contributed by atoms with E-state index < -0.39 is 0 Å². The molecule has 0 unspecified atom stereocenters. The molecule has 0 atom stereocenters. The maximum atomic E-state index is 11.8. The molecule has 0 amide bonds. The summed E-state index contributed by atoms with van der Waals surface area (Å²) in [5.74, 6) is 0.213. The maximum absolute atomic E-state index is 11.8. The number of rotatable bonds is 7. The third-order valence-corrected chi connectivity index (χ3v) is 3.69. The number of benzene rings is 1. The van der Waals surface area contributed by atoms with Crippen molar-refractivity contribution in [3.8, 4) is 0 Å². The molecule has 2 heteroatoms. The van der Waals surface area contributed by atoms with Gasteiger partial charge in [0.2, 0.25) is 0 Å². The standard InChI is InChI=1S/C16H24NO/c1-4-17(3,5-2)14-13-16(18)12-11-15-9-7-6-8-10-15/h6-12H,4-5,13-14H2,1-3H3/q+1/b12-11+. The van der Waals surface area contributed by atoms with Crippen LogP contribution < -0.4 is 0 Å². The molecule has 18 heavy (non-hydrogen) atoms. The largest absolute Gasteiger partial charge is 0.326 e. The van der Waals surface area contributed by atoms with Crippen LogP contribution in [0.4, 0.5) is 0 Å². The number of quaternary nitrogens is 1. The predicted molar refractivity (Wildman–Crippen MR) is 77.2 cm³/mol. The van der Waals surface area contributed by atoms with Crippen LogP contribution in [0.15, 0.2) is 36.4 Å². The zero-order chi connectivity index (χ0) is 13.4. The lowest BCUT2D eigenvalue weighted by Crippen LogP contribution is -2.44. The van der Waals surface area contributed by atoms with Crippen LogP contribution in [-0.4, -0.2) is 36.9 Å². The maximum Gasteiger partial charge on any atom is 0.161 e. The molecule has 1 aromatic carbocycles. The fourth-order valence-electron chi connectivity index (χ4n) is 1.76. The second kappa shape index (κ2) is 7.12. The van der Waals surface area contributed by atoms with Crippen molar-refractivity contribution in [1.29, 1.82) is 0 Å². The average Bonchev–Trinajstić information content (AvgIpc) is 2.43. The third-order valence-electron chi connectivity index (χ3n) is 3.69.